The molecule has 0 spiro atoms. The van der Waals surface area contributed by atoms with Gasteiger partial charge in [-0.2, -0.15) is 5.26 Å². The van der Waals surface area contributed by atoms with Crippen LogP contribution in [-0.4, -0.2) is 11.6 Å². The molecule has 0 saturated carbocycles. The Labute approximate surface area is 103 Å². The van der Waals surface area contributed by atoms with E-state index in [9.17, 15) is 9.59 Å². The Balaban J connectivity index is 2.38. The maximum atomic E-state index is 12.3. The van der Waals surface area contributed by atoms with Crippen LogP contribution in [0.2, 0.25) is 0 Å². The van der Waals surface area contributed by atoms with Crippen molar-refractivity contribution in [2.45, 2.75) is 0 Å². The molecule has 0 heterocycles. The van der Waals surface area contributed by atoms with Crippen LogP contribution < -0.4 is 0 Å². The smallest absolute Gasteiger partial charge is 0.195 e. The summed E-state index contributed by atoms with van der Waals surface area (Å²) in [6, 6.07) is 13.4. The average molecular weight is 233 g/mol. The zero-order valence-corrected chi connectivity index (χ0v) is 9.31. The highest BCUT2D eigenvalue weighted by atomic mass is 16.1. The SMILES string of the molecule is N#Cc1cccc2c1C(=O)c1ccccc1C2=O. The van der Waals surface area contributed by atoms with Crippen LogP contribution in [0.3, 0.4) is 0 Å². The molecule has 0 aliphatic heterocycles. The van der Waals surface area contributed by atoms with Gasteiger partial charge < -0.3 is 0 Å². The van der Waals surface area contributed by atoms with Gasteiger partial charge in [0.1, 0.15) is 0 Å². The van der Waals surface area contributed by atoms with Crippen LogP contribution in [-0.2, 0) is 0 Å². The summed E-state index contributed by atoms with van der Waals surface area (Å²) in [7, 11) is 0. The number of hydrogen-bond acceptors (Lipinski definition) is 3. The molecule has 0 radical (unpaired) electrons. The molecule has 0 fully saturated rings. The largest absolute Gasteiger partial charge is 0.289 e. The Morgan fingerprint density at radius 3 is 2.06 bits per heavy atom. The fourth-order valence-electron chi connectivity index (χ4n) is 2.24. The fraction of sp³-hybridized carbons (Fsp3) is 0. The van der Waals surface area contributed by atoms with Crippen LogP contribution in [0.25, 0.3) is 0 Å². The van der Waals surface area contributed by atoms with E-state index >= 15 is 0 Å². The number of nitrogens with zero attached hydrogens (tertiary/aromatic N) is 1. The Kier molecular flexibility index (Phi) is 2.11. The third-order valence-corrected chi connectivity index (χ3v) is 3.07. The van der Waals surface area contributed by atoms with Gasteiger partial charge in [-0.25, -0.2) is 0 Å². The lowest BCUT2D eigenvalue weighted by atomic mass is 9.82. The lowest BCUT2D eigenvalue weighted by Gasteiger charge is -2.17. The van der Waals surface area contributed by atoms with Crippen molar-refractivity contribution in [3.05, 3.63) is 70.3 Å². The lowest BCUT2D eigenvalue weighted by Crippen LogP contribution is -2.21. The summed E-state index contributed by atoms with van der Waals surface area (Å²) in [4.78, 5) is 24.6. The molecular formula is C15H7NO2. The monoisotopic (exact) mass is 233 g/mol. The zero-order valence-electron chi connectivity index (χ0n) is 9.31. The molecule has 2 aromatic carbocycles. The minimum absolute atomic E-state index is 0.197. The van der Waals surface area contributed by atoms with Crippen LogP contribution >= 0.6 is 0 Å². The minimum atomic E-state index is -0.252. The van der Waals surface area contributed by atoms with Gasteiger partial charge in [-0.3, -0.25) is 9.59 Å². The Hall–Kier alpha value is -2.73. The summed E-state index contributed by atoms with van der Waals surface area (Å²) >= 11 is 0. The second-order valence-electron chi connectivity index (χ2n) is 4.04. The van der Waals surface area contributed by atoms with E-state index in [1.165, 1.54) is 0 Å². The number of benzene rings is 2. The van der Waals surface area contributed by atoms with E-state index < -0.39 is 0 Å². The highest BCUT2D eigenvalue weighted by molar-refractivity contribution is 6.29. The summed E-state index contributed by atoms with van der Waals surface area (Å²) in [5, 5.41) is 9.03. The number of fused-ring (bicyclic) bond motifs is 2. The molecule has 0 unspecified atom stereocenters. The third kappa shape index (κ3) is 1.23. The first-order valence-electron chi connectivity index (χ1n) is 5.45. The number of rotatable bonds is 0. The molecule has 84 valence electrons. The molecule has 3 rings (SSSR count). The Morgan fingerprint density at radius 2 is 1.39 bits per heavy atom. The van der Waals surface area contributed by atoms with E-state index in [0.717, 1.165) is 0 Å². The van der Waals surface area contributed by atoms with Crippen LogP contribution in [0.1, 0.15) is 37.4 Å². The van der Waals surface area contributed by atoms with Gasteiger partial charge in [-0.1, -0.05) is 36.4 Å². The van der Waals surface area contributed by atoms with E-state index in [-0.39, 0.29) is 22.7 Å². The first-order valence-corrected chi connectivity index (χ1v) is 5.45. The third-order valence-electron chi connectivity index (χ3n) is 3.07. The van der Waals surface area contributed by atoms with Crippen molar-refractivity contribution in [1.82, 2.24) is 0 Å². The van der Waals surface area contributed by atoms with Crippen molar-refractivity contribution in [3.8, 4) is 6.07 Å². The minimum Gasteiger partial charge on any atom is -0.289 e. The van der Waals surface area contributed by atoms with Gasteiger partial charge in [0.25, 0.3) is 0 Å². The molecule has 0 bridgehead atoms. The normalized spacial score (nSPS) is 12.6. The first kappa shape index (κ1) is 10.4. The van der Waals surface area contributed by atoms with Crippen molar-refractivity contribution in [2.75, 3.05) is 0 Å². The molecule has 0 atom stereocenters. The summed E-state index contributed by atoms with van der Waals surface area (Å²) in [5.41, 5.74) is 1.57. The Morgan fingerprint density at radius 1 is 0.778 bits per heavy atom. The van der Waals surface area contributed by atoms with Crippen molar-refractivity contribution in [2.24, 2.45) is 0 Å². The van der Waals surface area contributed by atoms with Crippen LogP contribution in [0, 0.1) is 11.3 Å². The highest BCUT2D eigenvalue weighted by Crippen LogP contribution is 2.28. The standard InChI is InChI=1S/C15H7NO2/c16-8-9-4-3-7-12-13(9)15(18)11-6-2-1-5-10(11)14(12)17/h1-7H. The maximum Gasteiger partial charge on any atom is 0.195 e. The van der Waals surface area contributed by atoms with Crippen molar-refractivity contribution in [3.63, 3.8) is 0 Å². The summed E-state index contributed by atoms with van der Waals surface area (Å²) < 4.78 is 0. The van der Waals surface area contributed by atoms with E-state index in [0.29, 0.717) is 16.7 Å². The molecular weight excluding hydrogens is 226 g/mol. The summed E-state index contributed by atoms with van der Waals surface area (Å²) in [5.74, 6) is -0.449. The zero-order chi connectivity index (χ0) is 12.7. The molecule has 1 aliphatic carbocycles. The van der Waals surface area contributed by atoms with Gasteiger partial charge in [0.05, 0.1) is 17.2 Å². The second kappa shape index (κ2) is 3.64. The molecule has 0 aromatic heterocycles. The molecule has 3 heteroatoms. The predicted molar refractivity (Wildman–Crippen MR) is 64.5 cm³/mol. The molecule has 3 nitrogen and oxygen atoms in total. The van der Waals surface area contributed by atoms with E-state index in [4.69, 9.17) is 5.26 Å². The molecule has 18 heavy (non-hydrogen) atoms. The average Bonchev–Trinajstić information content (AvgIpc) is 2.44. The number of hydrogen-bond donors (Lipinski definition) is 0. The van der Waals surface area contributed by atoms with Gasteiger partial charge in [-0.15, -0.1) is 0 Å². The van der Waals surface area contributed by atoms with E-state index in [2.05, 4.69) is 0 Å². The van der Waals surface area contributed by atoms with Crippen molar-refractivity contribution >= 4 is 11.6 Å². The number of ketones is 2. The first-order chi connectivity index (χ1) is 8.74. The van der Waals surface area contributed by atoms with Gasteiger partial charge in [0.15, 0.2) is 11.6 Å². The lowest BCUT2D eigenvalue weighted by molar-refractivity contribution is 0.0979. The quantitative estimate of drug-likeness (QED) is 0.598. The van der Waals surface area contributed by atoms with Crippen LogP contribution in [0.5, 0.6) is 0 Å². The number of nitriles is 1. The summed E-state index contributed by atoms with van der Waals surface area (Å²) in [6.45, 7) is 0. The number of carbonyl (C=O) groups excluding carboxylic acids is 2. The van der Waals surface area contributed by atoms with Gasteiger partial charge in [0.2, 0.25) is 0 Å². The number of carbonyl (C=O) groups is 2. The van der Waals surface area contributed by atoms with Crippen molar-refractivity contribution < 1.29 is 9.59 Å². The highest BCUT2D eigenvalue weighted by Gasteiger charge is 2.30. The van der Waals surface area contributed by atoms with Crippen LogP contribution in [0.4, 0.5) is 0 Å². The van der Waals surface area contributed by atoms with Gasteiger partial charge in [0, 0.05) is 16.7 Å². The Bertz CT molecular complexity index is 738. The predicted octanol–water partition coefficient (Wildman–Crippen LogP) is 2.33. The topological polar surface area (TPSA) is 57.9 Å². The molecule has 0 N–H and O–H groups in total. The summed E-state index contributed by atoms with van der Waals surface area (Å²) in [6.07, 6.45) is 0. The van der Waals surface area contributed by atoms with Gasteiger partial charge >= 0.3 is 0 Å². The maximum absolute atomic E-state index is 12.3. The fourth-order valence-corrected chi connectivity index (χ4v) is 2.24. The van der Waals surface area contributed by atoms with Crippen LogP contribution in [0.15, 0.2) is 42.5 Å². The molecule has 0 amide bonds. The van der Waals surface area contributed by atoms with Crippen molar-refractivity contribution in [1.29, 1.82) is 5.26 Å². The molecule has 2 aromatic rings. The molecule has 0 saturated heterocycles. The van der Waals surface area contributed by atoms with E-state index in [1.54, 1.807) is 42.5 Å². The second-order valence-corrected chi connectivity index (χ2v) is 4.04. The van der Waals surface area contributed by atoms with E-state index in [1.807, 2.05) is 6.07 Å². The molecule has 1 aliphatic rings. The van der Waals surface area contributed by atoms with Gasteiger partial charge in [-0.05, 0) is 6.07 Å².